The van der Waals surface area contributed by atoms with Gasteiger partial charge in [-0.3, -0.25) is 0 Å². The van der Waals surface area contributed by atoms with E-state index < -0.39 is 21.6 Å². The molecular formula is C27H30F3N5O3S2. The molecule has 13 heteroatoms. The van der Waals surface area contributed by atoms with Crippen LogP contribution in [0.3, 0.4) is 0 Å². The number of sulfone groups is 1. The number of piperazine rings is 1. The summed E-state index contributed by atoms with van der Waals surface area (Å²) in [6.45, 7) is 5.26. The lowest BCUT2D eigenvalue weighted by atomic mass is 10.0. The average Bonchev–Trinajstić information content (AvgIpc) is 3.66. The molecule has 3 aromatic rings. The van der Waals surface area contributed by atoms with Crippen LogP contribution in [-0.4, -0.2) is 68.4 Å². The lowest BCUT2D eigenvalue weighted by Crippen LogP contribution is -2.50. The zero-order valence-electron chi connectivity index (χ0n) is 22.2. The minimum absolute atomic E-state index is 0.0120. The summed E-state index contributed by atoms with van der Waals surface area (Å²) in [6, 6.07) is 7.75. The Morgan fingerprint density at radius 3 is 2.70 bits per heavy atom. The molecule has 214 valence electrons. The van der Waals surface area contributed by atoms with E-state index in [1.807, 2.05) is 12.1 Å². The van der Waals surface area contributed by atoms with Gasteiger partial charge in [-0.2, -0.15) is 13.2 Å². The zero-order chi connectivity index (χ0) is 28.2. The molecule has 0 amide bonds. The van der Waals surface area contributed by atoms with Crippen LogP contribution in [-0.2, 0) is 16.0 Å². The highest BCUT2D eigenvalue weighted by Crippen LogP contribution is 2.47. The second-order valence-corrected chi connectivity index (χ2v) is 13.8. The van der Waals surface area contributed by atoms with Crippen molar-refractivity contribution in [1.82, 2.24) is 14.9 Å². The van der Waals surface area contributed by atoms with Crippen molar-refractivity contribution in [2.75, 3.05) is 49.3 Å². The van der Waals surface area contributed by atoms with Gasteiger partial charge < -0.3 is 19.9 Å². The molecule has 1 aromatic carbocycles. The molecule has 1 saturated carbocycles. The first-order chi connectivity index (χ1) is 19.0. The van der Waals surface area contributed by atoms with Crippen molar-refractivity contribution in [3.63, 3.8) is 0 Å². The smallest absolute Gasteiger partial charge is 0.420 e. The molecule has 0 spiro atoms. The number of hydrogen-bond acceptors (Lipinski definition) is 9. The quantitative estimate of drug-likeness (QED) is 0.413. The fourth-order valence-corrected chi connectivity index (χ4v) is 8.21. The summed E-state index contributed by atoms with van der Waals surface area (Å²) in [6.07, 6.45) is -1.56. The third kappa shape index (κ3) is 5.38. The summed E-state index contributed by atoms with van der Waals surface area (Å²) < 4.78 is 72.9. The molecule has 8 nitrogen and oxygen atoms in total. The van der Waals surface area contributed by atoms with E-state index in [2.05, 4.69) is 45.1 Å². The SMILES string of the molecule is C[C@H]1CN(C)CCN1c1ccc(Nc2ncc(C(F)(F)F)c(-c3cc4c(s3)OCCCS4(=O)=O)n2)c(C2CC2)c1. The van der Waals surface area contributed by atoms with Crippen LogP contribution in [0.5, 0.6) is 5.06 Å². The maximum absolute atomic E-state index is 14.0. The number of hydrogen-bond donors (Lipinski definition) is 1. The summed E-state index contributed by atoms with van der Waals surface area (Å²) in [7, 11) is -1.54. The number of halogens is 3. The molecule has 2 aliphatic heterocycles. The van der Waals surface area contributed by atoms with Crippen molar-refractivity contribution in [2.24, 2.45) is 0 Å². The molecule has 3 aliphatic rings. The molecule has 6 rings (SSSR count). The number of benzene rings is 1. The highest BCUT2D eigenvalue weighted by Gasteiger charge is 2.37. The second kappa shape index (κ2) is 10.2. The predicted molar refractivity (Wildman–Crippen MR) is 149 cm³/mol. The molecule has 1 atom stereocenters. The van der Waals surface area contributed by atoms with Crippen LogP contribution in [0.4, 0.5) is 30.5 Å². The number of nitrogens with one attached hydrogen (secondary N) is 1. The first-order valence-corrected chi connectivity index (χ1v) is 15.8. The largest absolute Gasteiger partial charge is 0.483 e. The van der Waals surface area contributed by atoms with Crippen molar-refractivity contribution in [3.8, 4) is 15.6 Å². The summed E-state index contributed by atoms with van der Waals surface area (Å²) >= 11 is 0.857. The van der Waals surface area contributed by atoms with E-state index >= 15 is 0 Å². The third-order valence-electron chi connectivity index (χ3n) is 7.58. The number of likely N-dealkylation sites (N-methyl/N-ethyl adjacent to an activating group) is 1. The van der Waals surface area contributed by atoms with Crippen LogP contribution in [0.1, 0.15) is 43.2 Å². The number of aromatic nitrogens is 2. The van der Waals surface area contributed by atoms with Crippen LogP contribution >= 0.6 is 11.3 Å². The Hall–Kier alpha value is -2.90. The molecule has 0 unspecified atom stereocenters. The number of alkyl halides is 3. The lowest BCUT2D eigenvalue weighted by Gasteiger charge is -2.40. The molecule has 1 aliphatic carbocycles. The summed E-state index contributed by atoms with van der Waals surface area (Å²) in [4.78, 5) is 13.0. The lowest BCUT2D eigenvalue weighted by molar-refractivity contribution is -0.137. The summed E-state index contributed by atoms with van der Waals surface area (Å²) in [5.41, 5.74) is 1.57. The topological polar surface area (TPSA) is 87.7 Å². The van der Waals surface area contributed by atoms with Crippen LogP contribution in [0.2, 0.25) is 0 Å². The Morgan fingerprint density at radius 1 is 1.18 bits per heavy atom. The van der Waals surface area contributed by atoms with Gasteiger partial charge in [0.1, 0.15) is 10.5 Å². The molecular weight excluding hydrogens is 563 g/mol. The van der Waals surface area contributed by atoms with Gasteiger partial charge in [-0.25, -0.2) is 18.4 Å². The van der Waals surface area contributed by atoms with E-state index in [4.69, 9.17) is 4.74 Å². The maximum Gasteiger partial charge on any atom is 0.420 e. The number of fused-ring (bicyclic) bond motifs is 1. The van der Waals surface area contributed by atoms with Gasteiger partial charge in [0.25, 0.3) is 0 Å². The van der Waals surface area contributed by atoms with Gasteiger partial charge in [-0.15, -0.1) is 0 Å². The van der Waals surface area contributed by atoms with E-state index in [1.165, 1.54) is 6.07 Å². The number of anilines is 3. The van der Waals surface area contributed by atoms with Gasteiger partial charge in [0.2, 0.25) is 5.95 Å². The highest BCUT2D eigenvalue weighted by atomic mass is 32.2. The van der Waals surface area contributed by atoms with Crippen molar-refractivity contribution in [2.45, 2.75) is 49.2 Å². The molecule has 1 saturated heterocycles. The second-order valence-electron chi connectivity index (χ2n) is 10.7. The molecule has 0 radical (unpaired) electrons. The van der Waals surface area contributed by atoms with Crippen molar-refractivity contribution in [3.05, 3.63) is 41.6 Å². The van der Waals surface area contributed by atoms with Gasteiger partial charge in [0, 0.05) is 43.2 Å². The van der Waals surface area contributed by atoms with E-state index in [1.54, 1.807) is 0 Å². The van der Waals surface area contributed by atoms with Crippen LogP contribution in [0.15, 0.2) is 35.4 Å². The Kier molecular flexibility index (Phi) is 6.94. The van der Waals surface area contributed by atoms with Gasteiger partial charge >= 0.3 is 6.18 Å². The Morgan fingerprint density at radius 2 is 1.98 bits per heavy atom. The van der Waals surface area contributed by atoms with E-state index in [9.17, 15) is 21.6 Å². The Labute approximate surface area is 235 Å². The fourth-order valence-electron chi connectivity index (χ4n) is 5.37. The number of ether oxygens (including phenoxy) is 1. The van der Waals surface area contributed by atoms with Crippen LogP contribution in [0.25, 0.3) is 10.6 Å². The van der Waals surface area contributed by atoms with Crippen LogP contribution < -0.4 is 15.0 Å². The molecule has 2 fully saturated rings. The minimum atomic E-state index is -4.73. The van der Waals surface area contributed by atoms with E-state index in [-0.39, 0.29) is 38.8 Å². The highest BCUT2D eigenvalue weighted by molar-refractivity contribution is 7.91. The Bertz CT molecular complexity index is 1540. The monoisotopic (exact) mass is 593 g/mol. The van der Waals surface area contributed by atoms with Gasteiger partial charge in [0.05, 0.1) is 22.9 Å². The van der Waals surface area contributed by atoms with E-state index in [0.717, 1.165) is 66.9 Å². The molecule has 2 aromatic heterocycles. The predicted octanol–water partition coefficient (Wildman–Crippen LogP) is 5.54. The molecule has 40 heavy (non-hydrogen) atoms. The summed E-state index contributed by atoms with van der Waals surface area (Å²) in [5, 5.41) is 3.25. The molecule has 4 heterocycles. The van der Waals surface area contributed by atoms with Crippen LogP contribution in [0, 0.1) is 0 Å². The first kappa shape index (κ1) is 27.3. The standard InChI is InChI=1S/C27H30F3N5O3S2/c1-16-15-34(2)8-9-35(16)18-6-7-21(19(12-18)17-4-5-17)32-26-31-14-20(27(28,29)30)24(33-26)22-13-23-25(39-22)38-10-3-11-40(23,36)37/h6-7,12-14,16-17H,3-5,8-11,15H2,1-2H3,(H,31,32,33)/t16-/m0/s1. The average molecular weight is 594 g/mol. The van der Waals surface area contributed by atoms with Crippen molar-refractivity contribution < 1.29 is 26.3 Å². The Balaban J connectivity index is 1.36. The fraction of sp³-hybridized carbons (Fsp3) is 0.481. The summed E-state index contributed by atoms with van der Waals surface area (Å²) in [5.74, 6) is 0.263. The third-order valence-corrected chi connectivity index (χ3v) is 10.6. The van der Waals surface area contributed by atoms with Crippen molar-refractivity contribution >= 4 is 38.5 Å². The first-order valence-electron chi connectivity index (χ1n) is 13.3. The normalized spacial score (nSPS) is 21.4. The molecule has 0 bridgehead atoms. The van der Waals surface area contributed by atoms with E-state index in [0.29, 0.717) is 18.4 Å². The number of nitrogens with zero attached hydrogens (tertiary/aromatic N) is 4. The van der Waals surface area contributed by atoms with Gasteiger partial charge in [0.15, 0.2) is 14.9 Å². The number of thiophene rings is 1. The minimum Gasteiger partial charge on any atom is -0.483 e. The number of rotatable bonds is 5. The maximum atomic E-state index is 14.0. The molecule has 1 N–H and O–H groups in total. The zero-order valence-corrected chi connectivity index (χ0v) is 23.8. The van der Waals surface area contributed by atoms with Gasteiger partial charge in [-0.1, -0.05) is 11.3 Å². The van der Waals surface area contributed by atoms with Crippen molar-refractivity contribution in [1.29, 1.82) is 0 Å². The van der Waals surface area contributed by atoms with Gasteiger partial charge in [-0.05, 0) is 69.0 Å².